The van der Waals surface area contributed by atoms with Crippen molar-refractivity contribution in [3.05, 3.63) is 50.8 Å². The molecule has 5 nitrogen and oxygen atoms in total. The van der Waals surface area contributed by atoms with Crippen molar-refractivity contribution >= 4 is 54.8 Å². The monoisotopic (exact) mass is 476 g/mol. The second-order valence-corrected chi connectivity index (χ2v) is 10.8. The second kappa shape index (κ2) is 8.39. The molecule has 0 radical (unpaired) electrons. The third kappa shape index (κ3) is 4.48. The maximum Gasteiger partial charge on any atom is 0.253 e. The molecule has 1 aliphatic heterocycles. The predicted octanol–water partition coefficient (Wildman–Crippen LogP) is 4.02. The molecule has 0 aliphatic carbocycles. The summed E-state index contributed by atoms with van der Waals surface area (Å²) in [4.78, 5) is 12.5. The van der Waals surface area contributed by atoms with Crippen molar-refractivity contribution in [2.24, 2.45) is 0 Å². The lowest BCUT2D eigenvalue weighted by Crippen LogP contribution is -2.48. The third-order valence-electron chi connectivity index (χ3n) is 4.22. The topological polar surface area (TPSA) is 66.5 Å². The molecule has 1 aromatic carbocycles. The second-order valence-electron chi connectivity index (χ2n) is 6.04. The first-order chi connectivity index (χ1) is 12.4. The number of nitrogens with one attached hydrogen (secondary N) is 1. The van der Waals surface area contributed by atoms with E-state index in [1.807, 2.05) is 24.3 Å². The van der Waals surface area contributed by atoms with Gasteiger partial charge in [0, 0.05) is 17.6 Å². The molecule has 1 saturated heterocycles. The Balaban J connectivity index is 2.00. The fraction of sp³-hybridized carbons (Fsp3) is 0.353. The number of rotatable bonds is 5. The highest BCUT2D eigenvalue weighted by Crippen LogP contribution is 2.31. The molecule has 9 heteroatoms. The van der Waals surface area contributed by atoms with Crippen molar-refractivity contribution in [3.8, 4) is 0 Å². The lowest BCUT2D eigenvalue weighted by Gasteiger charge is -2.28. The molecule has 0 bridgehead atoms. The van der Waals surface area contributed by atoms with Crippen molar-refractivity contribution < 1.29 is 13.2 Å². The number of carbonyl (C=O) groups excluding carboxylic acids is 1. The zero-order chi connectivity index (χ0) is 18.7. The Morgan fingerprint density at radius 3 is 2.58 bits per heavy atom. The van der Waals surface area contributed by atoms with Crippen LogP contribution in [-0.4, -0.2) is 31.2 Å². The summed E-state index contributed by atoms with van der Waals surface area (Å²) in [6.45, 7) is 0.704. The van der Waals surface area contributed by atoms with Crippen LogP contribution in [0.25, 0.3) is 0 Å². The summed E-state index contributed by atoms with van der Waals surface area (Å²) < 4.78 is 29.3. The summed E-state index contributed by atoms with van der Waals surface area (Å²) in [5.74, 6) is -0.245. The maximum absolute atomic E-state index is 13.3. The van der Waals surface area contributed by atoms with E-state index < -0.39 is 16.1 Å². The summed E-state index contributed by atoms with van der Waals surface area (Å²) in [7, 11) is -3.84. The quantitative estimate of drug-likeness (QED) is 0.707. The van der Waals surface area contributed by atoms with Gasteiger partial charge in [-0.2, -0.15) is 4.31 Å². The summed E-state index contributed by atoms with van der Waals surface area (Å²) >= 11 is 10.3. The Morgan fingerprint density at radius 2 is 1.92 bits per heavy atom. The molecule has 2 aromatic rings. The van der Waals surface area contributed by atoms with E-state index in [4.69, 9.17) is 11.6 Å². The maximum atomic E-state index is 13.3. The van der Waals surface area contributed by atoms with E-state index >= 15 is 0 Å². The molecule has 1 aliphatic rings. The third-order valence-corrected chi connectivity index (χ3v) is 8.30. The standard InChI is InChI=1S/C17H18BrClN2O3S2/c18-13-6-4-12(5-7-13)11-21(14-3-1-2-10-20-17(14)22)26(23,24)16-9-8-15(19)25-16/h4-9,14H,1-3,10-11H2,(H,20,22). The summed E-state index contributed by atoms with van der Waals surface area (Å²) in [6.07, 6.45) is 2.14. The molecule has 140 valence electrons. The van der Waals surface area contributed by atoms with Crippen molar-refractivity contribution in [3.63, 3.8) is 0 Å². The van der Waals surface area contributed by atoms with Gasteiger partial charge in [0.05, 0.1) is 4.34 Å². The summed E-state index contributed by atoms with van der Waals surface area (Å²) in [5.41, 5.74) is 0.816. The van der Waals surface area contributed by atoms with E-state index in [0.717, 1.165) is 34.2 Å². The average molecular weight is 478 g/mol. The van der Waals surface area contributed by atoms with Crippen LogP contribution in [0.5, 0.6) is 0 Å². The van der Waals surface area contributed by atoms with Gasteiger partial charge in [-0.25, -0.2) is 8.42 Å². The van der Waals surface area contributed by atoms with Crippen molar-refractivity contribution in [2.45, 2.75) is 36.1 Å². The van der Waals surface area contributed by atoms with Gasteiger partial charge in [-0.1, -0.05) is 39.7 Å². The van der Waals surface area contributed by atoms with Gasteiger partial charge in [0.25, 0.3) is 10.0 Å². The molecule has 0 saturated carbocycles. The lowest BCUT2D eigenvalue weighted by molar-refractivity contribution is -0.124. The van der Waals surface area contributed by atoms with E-state index in [1.165, 1.54) is 10.4 Å². The van der Waals surface area contributed by atoms with Gasteiger partial charge in [-0.05, 0) is 49.1 Å². The molecular weight excluding hydrogens is 460 g/mol. The first-order valence-electron chi connectivity index (χ1n) is 8.17. The van der Waals surface area contributed by atoms with Crippen LogP contribution >= 0.6 is 38.9 Å². The Bertz CT molecular complexity index is 884. The van der Waals surface area contributed by atoms with E-state index in [-0.39, 0.29) is 16.7 Å². The molecule has 1 atom stereocenters. The van der Waals surface area contributed by atoms with Gasteiger partial charge in [-0.15, -0.1) is 11.3 Å². The molecule has 3 rings (SSSR count). The first-order valence-corrected chi connectivity index (χ1v) is 11.6. The largest absolute Gasteiger partial charge is 0.355 e. The SMILES string of the molecule is O=C1NCCCCC1N(Cc1ccc(Br)cc1)S(=O)(=O)c1ccc(Cl)s1. The molecule has 1 fully saturated rings. The zero-order valence-corrected chi connectivity index (χ0v) is 17.8. The van der Waals surface area contributed by atoms with Gasteiger partial charge in [-0.3, -0.25) is 4.79 Å². The van der Waals surface area contributed by atoms with E-state index in [0.29, 0.717) is 17.3 Å². The van der Waals surface area contributed by atoms with E-state index in [2.05, 4.69) is 21.2 Å². The van der Waals surface area contributed by atoms with Crippen molar-refractivity contribution in [2.75, 3.05) is 6.54 Å². The molecule has 1 unspecified atom stereocenters. The number of benzene rings is 1. The number of hydrogen-bond donors (Lipinski definition) is 1. The number of sulfonamides is 1. The van der Waals surface area contributed by atoms with Crippen LogP contribution < -0.4 is 5.32 Å². The Morgan fingerprint density at radius 1 is 1.19 bits per heavy atom. The molecular formula is C17H18BrClN2O3S2. The minimum Gasteiger partial charge on any atom is -0.355 e. The summed E-state index contributed by atoms with van der Waals surface area (Å²) in [6, 6.07) is 9.73. The first kappa shape index (κ1) is 19.8. The predicted molar refractivity (Wildman–Crippen MR) is 107 cm³/mol. The normalized spacial score (nSPS) is 18.6. The van der Waals surface area contributed by atoms with Crippen LogP contribution in [0.3, 0.4) is 0 Å². The number of thiophene rings is 1. The van der Waals surface area contributed by atoms with E-state index in [1.54, 1.807) is 6.07 Å². The Kier molecular flexibility index (Phi) is 6.40. The van der Waals surface area contributed by atoms with Crippen LogP contribution in [-0.2, 0) is 21.4 Å². The highest BCUT2D eigenvalue weighted by Gasteiger charge is 2.37. The molecule has 1 amide bonds. The molecule has 1 aromatic heterocycles. The highest BCUT2D eigenvalue weighted by molar-refractivity contribution is 9.10. The van der Waals surface area contributed by atoms with Crippen LogP contribution in [0.15, 0.2) is 45.1 Å². The summed E-state index contributed by atoms with van der Waals surface area (Å²) in [5, 5.41) is 2.82. The smallest absolute Gasteiger partial charge is 0.253 e. The number of nitrogens with zero attached hydrogens (tertiary/aromatic N) is 1. The van der Waals surface area contributed by atoms with Crippen LogP contribution in [0.2, 0.25) is 4.34 Å². The van der Waals surface area contributed by atoms with Gasteiger partial charge < -0.3 is 5.32 Å². The van der Waals surface area contributed by atoms with Gasteiger partial charge >= 0.3 is 0 Å². The lowest BCUT2D eigenvalue weighted by atomic mass is 10.1. The number of halogens is 2. The molecule has 0 spiro atoms. The molecule has 1 N–H and O–H groups in total. The fourth-order valence-corrected chi connectivity index (χ4v) is 6.36. The van der Waals surface area contributed by atoms with Crippen LogP contribution in [0.1, 0.15) is 24.8 Å². The molecule has 2 heterocycles. The van der Waals surface area contributed by atoms with Gasteiger partial charge in [0.1, 0.15) is 10.3 Å². The van der Waals surface area contributed by atoms with Gasteiger partial charge in [0.2, 0.25) is 5.91 Å². The minimum atomic E-state index is -3.84. The highest BCUT2D eigenvalue weighted by atomic mass is 79.9. The Labute approximate surface area is 170 Å². The average Bonchev–Trinajstić information content (AvgIpc) is 2.94. The minimum absolute atomic E-state index is 0.128. The van der Waals surface area contributed by atoms with Gasteiger partial charge in [0.15, 0.2) is 0 Å². The van der Waals surface area contributed by atoms with Crippen molar-refractivity contribution in [1.82, 2.24) is 9.62 Å². The molecule has 26 heavy (non-hydrogen) atoms. The zero-order valence-electron chi connectivity index (χ0n) is 13.8. The van der Waals surface area contributed by atoms with E-state index in [9.17, 15) is 13.2 Å². The Hall–Kier alpha value is -0.930. The fourth-order valence-electron chi connectivity index (χ4n) is 2.88. The number of hydrogen-bond acceptors (Lipinski definition) is 4. The van der Waals surface area contributed by atoms with Crippen molar-refractivity contribution in [1.29, 1.82) is 0 Å². The number of amides is 1. The van der Waals surface area contributed by atoms with Crippen LogP contribution in [0.4, 0.5) is 0 Å². The number of carbonyl (C=O) groups is 1. The van der Waals surface area contributed by atoms with Crippen LogP contribution in [0, 0.1) is 0 Å².